The summed E-state index contributed by atoms with van der Waals surface area (Å²) in [6.07, 6.45) is 13.3. The maximum absolute atomic E-state index is 13.2. The Balaban J connectivity index is 0.000000118. The average molecular weight is 680 g/mol. The number of aromatic nitrogens is 6. The molecule has 0 bridgehead atoms. The number of aryl methyl sites for hydroxylation is 1. The van der Waals surface area contributed by atoms with Crippen molar-refractivity contribution >= 4 is 17.1 Å². The molecule has 0 amide bonds. The fourth-order valence-electron chi connectivity index (χ4n) is 7.12. The van der Waals surface area contributed by atoms with Crippen molar-refractivity contribution < 1.29 is 13.2 Å². The summed E-state index contributed by atoms with van der Waals surface area (Å²) in [5.74, 6) is -1.72. The van der Waals surface area contributed by atoms with E-state index in [0.717, 1.165) is 79.3 Å². The number of benzene rings is 3. The van der Waals surface area contributed by atoms with E-state index in [2.05, 4.69) is 71.8 Å². The predicted octanol–water partition coefficient (Wildman–Crippen LogP) is 7.03. The van der Waals surface area contributed by atoms with Crippen molar-refractivity contribution in [1.82, 2.24) is 29.9 Å². The number of fused-ring (bicyclic) bond motifs is 3. The van der Waals surface area contributed by atoms with Crippen LogP contribution >= 0.6 is 0 Å². The van der Waals surface area contributed by atoms with E-state index < -0.39 is 11.6 Å². The number of anilines is 3. The summed E-state index contributed by atoms with van der Waals surface area (Å²) in [6, 6.07) is 14.6. The lowest BCUT2D eigenvalue weighted by molar-refractivity contribution is 0.508. The normalized spacial score (nSPS) is 15.6. The molecule has 0 spiro atoms. The molecule has 0 aliphatic carbocycles. The van der Waals surface area contributed by atoms with Crippen LogP contribution in [0.3, 0.4) is 0 Å². The highest BCUT2D eigenvalue weighted by Crippen LogP contribution is 2.34. The number of H-pyrrole nitrogens is 3. The fraction of sp³-hybridized carbons (Fsp3) is 0.289. The second-order valence-corrected chi connectivity index (χ2v) is 13.0. The Morgan fingerprint density at radius 3 is 1.98 bits per heavy atom. The smallest absolute Gasteiger partial charge is 0.160 e. The van der Waals surface area contributed by atoms with Gasteiger partial charge in [0.25, 0.3) is 0 Å². The van der Waals surface area contributed by atoms with Crippen molar-refractivity contribution in [3.63, 3.8) is 0 Å². The molecule has 9 rings (SSSR count). The molecule has 3 aromatic heterocycles. The molecule has 3 aliphatic heterocycles. The van der Waals surface area contributed by atoms with Crippen molar-refractivity contribution in [2.24, 2.45) is 0 Å². The van der Waals surface area contributed by atoms with Gasteiger partial charge in [-0.1, -0.05) is 18.2 Å². The topological polar surface area (TPSA) is 95.8 Å². The third-order valence-corrected chi connectivity index (χ3v) is 9.53. The SMILES string of the molecule is CC1Cc2cc(F)ccc2N1Cc1cnc[nH]1.Cc1cccc2c1N(Cc1cnc[nH]1)CC2.Fc1cc2c(cc1F)N(Cc1cnc[nH]1)CC2. The minimum atomic E-state index is -0.791. The third-order valence-electron chi connectivity index (χ3n) is 9.53. The summed E-state index contributed by atoms with van der Waals surface area (Å²) < 4.78 is 39.4. The van der Waals surface area contributed by atoms with Gasteiger partial charge >= 0.3 is 0 Å². The summed E-state index contributed by atoms with van der Waals surface area (Å²) in [7, 11) is 0. The van der Waals surface area contributed by atoms with Crippen LogP contribution in [0.5, 0.6) is 0 Å². The second kappa shape index (κ2) is 14.5. The van der Waals surface area contributed by atoms with E-state index >= 15 is 0 Å². The summed E-state index contributed by atoms with van der Waals surface area (Å²) >= 11 is 0. The summed E-state index contributed by atoms with van der Waals surface area (Å²) in [5.41, 5.74) is 11.3. The molecule has 1 unspecified atom stereocenters. The molecular weight excluding hydrogens is 639 g/mol. The van der Waals surface area contributed by atoms with Crippen molar-refractivity contribution in [2.75, 3.05) is 27.8 Å². The zero-order chi connectivity index (χ0) is 34.6. The van der Waals surface area contributed by atoms with Crippen LogP contribution in [0, 0.1) is 24.4 Å². The molecule has 6 aromatic rings. The molecule has 258 valence electrons. The highest BCUT2D eigenvalue weighted by molar-refractivity contribution is 5.63. The molecule has 6 heterocycles. The van der Waals surface area contributed by atoms with Gasteiger partial charge in [-0.3, -0.25) is 0 Å². The highest BCUT2D eigenvalue weighted by Gasteiger charge is 2.27. The number of hydrogen-bond acceptors (Lipinski definition) is 6. The molecule has 12 heteroatoms. The van der Waals surface area contributed by atoms with Crippen molar-refractivity contribution in [2.45, 2.75) is 58.8 Å². The minimum Gasteiger partial charge on any atom is -0.365 e. The predicted molar refractivity (Wildman–Crippen MR) is 189 cm³/mol. The molecule has 0 fully saturated rings. The standard InChI is InChI=1S/C13H14FN3.C13H15N3.C12H11F2N3/c1-9-4-10-5-11(14)2-3-13(10)17(9)7-12-6-15-8-16-12;1-10-3-2-4-11-5-6-16(13(10)11)8-12-7-14-9-15-12;13-10-3-8-1-2-17(12(8)4-11(10)14)6-9-5-15-7-16-9/h2-3,5-6,8-9H,4,7H2,1H3,(H,15,16);2-4,7,9H,5-6,8H2,1H3,(H,14,15);3-5,7H,1-2,6H2,(H,15,16). The largest absolute Gasteiger partial charge is 0.365 e. The first-order chi connectivity index (χ1) is 24.3. The van der Waals surface area contributed by atoms with Crippen LogP contribution in [0.15, 0.2) is 86.1 Å². The lowest BCUT2D eigenvalue weighted by Crippen LogP contribution is -2.28. The first kappa shape index (κ1) is 33.0. The molecule has 3 aliphatic rings. The Morgan fingerprint density at radius 2 is 1.30 bits per heavy atom. The molecule has 0 radical (unpaired) electrons. The van der Waals surface area contributed by atoms with Crippen molar-refractivity contribution in [3.05, 3.63) is 143 Å². The van der Waals surface area contributed by atoms with Crippen molar-refractivity contribution in [1.29, 1.82) is 0 Å². The molecule has 50 heavy (non-hydrogen) atoms. The first-order valence-electron chi connectivity index (χ1n) is 16.9. The van der Waals surface area contributed by atoms with Gasteiger partial charge in [0.1, 0.15) is 5.82 Å². The maximum atomic E-state index is 13.2. The number of rotatable bonds is 6. The Kier molecular flexibility index (Phi) is 9.59. The van der Waals surface area contributed by atoms with E-state index in [1.165, 1.54) is 40.7 Å². The number of hydrogen-bond donors (Lipinski definition) is 3. The van der Waals surface area contributed by atoms with Gasteiger partial charge in [-0.2, -0.15) is 0 Å². The van der Waals surface area contributed by atoms with E-state index in [1.807, 2.05) is 23.4 Å². The van der Waals surface area contributed by atoms with Crippen LogP contribution in [0.4, 0.5) is 30.2 Å². The highest BCUT2D eigenvalue weighted by atomic mass is 19.2. The monoisotopic (exact) mass is 679 g/mol. The minimum absolute atomic E-state index is 0.153. The summed E-state index contributed by atoms with van der Waals surface area (Å²) in [6.45, 7) is 8.59. The van der Waals surface area contributed by atoms with Crippen LogP contribution in [-0.2, 0) is 38.9 Å². The first-order valence-corrected chi connectivity index (χ1v) is 16.9. The van der Waals surface area contributed by atoms with Crippen LogP contribution in [0.25, 0.3) is 0 Å². The summed E-state index contributed by atoms with van der Waals surface area (Å²) in [4.78, 5) is 28.0. The van der Waals surface area contributed by atoms with Gasteiger partial charge in [-0.25, -0.2) is 28.1 Å². The molecule has 0 saturated heterocycles. The number of nitrogens with zero attached hydrogens (tertiary/aromatic N) is 6. The number of imidazole rings is 3. The Labute approximate surface area is 289 Å². The molecular formula is C38H40F3N9. The number of para-hydroxylation sites is 1. The second-order valence-electron chi connectivity index (χ2n) is 13.0. The third kappa shape index (κ3) is 7.24. The van der Waals surface area contributed by atoms with E-state index in [-0.39, 0.29) is 5.82 Å². The lowest BCUT2D eigenvalue weighted by Gasteiger charge is -2.24. The number of nitrogens with one attached hydrogen (secondary N) is 3. The molecule has 0 saturated carbocycles. The zero-order valence-electron chi connectivity index (χ0n) is 28.1. The van der Waals surface area contributed by atoms with Crippen molar-refractivity contribution in [3.8, 4) is 0 Å². The van der Waals surface area contributed by atoms with Crippen LogP contribution in [0.1, 0.15) is 46.3 Å². The van der Waals surface area contributed by atoms with Gasteiger partial charge in [0.05, 0.1) is 55.7 Å². The molecule has 3 aromatic carbocycles. The number of aromatic amines is 3. The fourth-order valence-corrected chi connectivity index (χ4v) is 7.12. The summed E-state index contributed by atoms with van der Waals surface area (Å²) in [5, 5.41) is 0. The van der Waals surface area contributed by atoms with E-state index in [0.29, 0.717) is 12.6 Å². The van der Waals surface area contributed by atoms with Gasteiger partial charge in [-0.05, 0) is 79.6 Å². The zero-order valence-corrected chi connectivity index (χ0v) is 28.1. The maximum Gasteiger partial charge on any atom is 0.160 e. The lowest BCUT2D eigenvalue weighted by atomic mass is 10.1. The molecule has 3 N–H and O–H groups in total. The Hall–Kier alpha value is -5.52. The molecule has 9 nitrogen and oxygen atoms in total. The van der Waals surface area contributed by atoms with Crippen LogP contribution in [0.2, 0.25) is 0 Å². The molecule has 1 atom stereocenters. The van der Waals surface area contributed by atoms with Gasteiger partial charge in [0, 0.05) is 60.9 Å². The van der Waals surface area contributed by atoms with E-state index in [4.69, 9.17) is 0 Å². The van der Waals surface area contributed by atoms with Gasteiger partial charge in [0.15, 0.2) is 11.6 Å². The van der Waals surface area contributed by atoms with Crippen LogP contribution in [-0.4, -0.2) is 49.0 Å². The van der Waals surface area contributed by atoms with E-state index in [9.17, 15) is 13.2 Å². The Bertz CT molecular complexity index is 2010. The van der Waals surface area contributed by atoms with Gasteiger partial charge < -0.3 is 29.7 Å². The van der Waals surface area contributed by atoms with E-state index in [1.54, 1.807) is 31.2 Å². The van der Waals surface area contributed by atoms with Gasteiger partial charge in [0.2, 0.25) is 0 Å². The van der Waals surface area contributed by atoms with Gasteiger partial charge in [-0.15, -0.1) is 0 Å². The average Bonchev–Trinajstić information content (AvgIpc) is 3.96. The quantitative estimate of drug-likeness (QED) is 0.175. The number of halogens is 3. The Morgan fingerprint density at radius 1 is 0.680 bits per heavy atom. The van der Waals surface area contributed by atoms with Crippen LogP contribution < -0.4 is 14.7 Å².